The fourth-order valence-corrected chi connectivity index (χ4v) is 3.29. The molecule has 2 atom stereocenters. The van der Waals surface area contributed by atoms with E-state index in [4.69, 9.17) is 4.52 Å². The van der Waals surface area contributed by atoms with Gasteiger partial charge in [0.25, 0.3) is 0 Å². The molecule has 134 valence electrons. The molecule has 1 fully saturated rings. The zero-order chi connectivity index (χ0) is 17.8. The fourth-order valence-electron chi connectivity index (χ4n) is 3.29. The van der Waals surface area contributed by atoms with Gasteiger partial charge in [-0.2, -0.15) is 4.98 Å². The molecule has 2 aromatic rings. The summed E-state index contributed by atoms with van der Waals surface area (Å²) in [4.78, 5) is 18.5. The average molecular weight is 343 g/mol. The minimum Gasteiger partial charge on any atom is -0.393 e. The predicted molar refractivity (Wildman–Crippen MR) is 92.9 cm³/mol. The van der Waals surface area contributed by atoms with Crippen LogP contribution in [0.25, 0.3) is 0 Å². The van der Waals surface area contributed by atoms with E-state index in [9.17, 15) is 9.90 Å². The molecule has 1 aromatic carbocycles. The van der Waals surface area contributed by atoms with Gasteiger partial charge in [-0.3, -0.25) is 4.79 Å². The number of hydrogen-bond donors (Lipinski definition) is 1. The van der Waals surface area contributed by atoms with Gasteiger partial charge in [-0.1, -0.05) is 35.0 Å². The number of aliphatic hydroxyl groups excluding tert-OH is 1. The van der Waals surface area contributed by atoms with E-state index in [0.717, 1.165) is 6.42 Å². The van der Waals surface area contributed by atoms with Gasteiger partial charge in [0.2, 0.25) is 11.8 Å². The maximum Gasteiger partial charge on any atom is 0.227 e. The van der Waals surface area contributed by atoms with E-state index in [-0.39, 0.29) is 17.9 Å². The van der Waals surface area contributed by atoms with Crippen LogP contribution in [0.5, 0.6) is 0 Å². The van der Waals surface area contributed by atoms with E-state index in [0.29, 0.717) is 44.1 Å². The van der Waals surface area contributed by atoms with Crippen molar-refractivity contribution in [2.45, 2.75) is 45.6 Å². The van der Waals surface area contributed by atoms with Crippen molar-refractivity contribution >= 4 is 5.91 Å². The van der Waals surface area contributed by atoms with E-state index in [1.165, 1.54) is 11.1 Å². The number of amides is 1. The number of piperidine rings is 1. The van der Waals surface area contributed by atoms with Crippen molar-refractivity contribution in [2.75, 3.05) is 13.1 Å². The Morgan fingerprint density at radius 2 is 2.08 bits per heavy atom. The van der Waals surface area contributed by atoms with Crippen LogP contribution in [0.15, 0.2) is 28.8 Å². The zero-order valence-corrected chi connectivity index (χ0v) is 14.8. The van der Waals surface area contributed by atoms with Gasteiger partial charge in [-0.25, -0.2) is 0 Å². The lowest BCUT2D eigenvalue weighted by atomic mass is 9.88. The first-order valence-electron chi connectivity index (χ1n) is 8.82. The third-order valence-electron chi connectivity index (χ3n) is 4.79. The quantitative estimate of drug-likeness (QED) is 0.899. The Morgan fingerprint density at radius 1 is 1.32 bits per heavy atom. The van der Waals surface area contributed by atoms with E-state index in [1.807, 2.05) is 4.90 Å². The molecule has 3 rings (SSSR count). The summed E-state index contributed by atoms with van der Waals surface area (Å²) in [5.74, 6) is 1.24. The lowest BCUT2D eigenvalue weighted by Gasteiger charge is -2.36. The molecule has 0 spiro atoms. The van der Waals surface area contributed by atoms with Crippen LogP contribution >= 0.6 is 0 Å². The summed E-state index contributed by atoms with van der Waals surface area (Å²) >= 11 is 0. The first-order chi connectivity index (χ1) is 12.0. The molecule has 25 heavy (non-hydrogen) atoms. The molecule has 2 heterocycles. The lowest BCUT2D eigenvalue weighted by Crippen LogP contribution is -2.46. The Hall–Kier alpha value is -2.21. The summed E-state index contributed by atoms with van der Waals surface area (Å²) < 4.78 is 5.06. The monoisotopic (exact) mass is 343 g/mol. The lowest BCUT2D eigenvalue weighted by molar-refractivity contribution is -0.135. The van der Waals surface area contributed by atoms with Crippen molar-refractivity contribution in [3.05, 3.63) is 47.1 Å². The van der Waals surface area contributed by atoms with Gasteiger partial charge in [-0.05, 0) is 32.3 Å². The van der Waals surface area contributed by atoms with Crippen LogP contribution in [0.1, 0.15) is 35.7 Å². The predicted octanol–water partition coefficient (Wildman–Crippen LogP) is 2.07. The van der Waals surface area contributed by atoms with Crippen LogP contribution in [0.4, 0.5) is 0 Å². The minimum atomic E-state index is -0.357. The van der Waals surface area contributed by atoms with Crippen LogP contribution in [0, 0.1) is 19.8 Å². The molecular weight excluding hydrogens is 318 g/mol. The number of rotatable bonds is 5. The second-order valence-electron chi connectivity index (χ2n) is 6.88. The maximum absolute atomic E-state index is 12.5. The minimum absolute atomic E-state index is 0.0751. The number of likely N-dealkylation sites (tertiary alicyclic amines) is 1. The Bertz CT molecular complexity index is 711. The number of aromatic nitrogens is 2. The summed E-state index contributed by atoms with van der Waals surface area (Å²) in [6.45, 7) is 5.02. The molecule has 0 saturated carbocycles. The molecule has 6 heteroatoms. The van der Waals surface area contributed by atoms with Crippen LogP contribution in [0.2, 0.25) is 0 Å². The van der Waals surface area contributed by atoms with Gasteiger partial charge >= 0.3 is 0 Å². The Kier molecular flexibility index (Phi) is 5.48. The SMILES string of the molecule is Cc1ccc(C[C@@H]2CN(C(=O)CCc3nc(C)no3)CC[C@@H]2O)cc1. The summed E-state index contributed by atoms with van der Waals surface area (Å²) in [5, 5.41) is 14.1. The number of benzene rings is 1. The molecule has 1 saturated heterocycles. The Morgan fingerprint density at radius 3 is 2.76 bits per heavy atom. The van der Waals surface area contributed by atoms with E-state index in [1.54, 1.807) is 6.92 Å². The Balaban J connectivity index is 1.55. The highest BCUT2D eigenvalue weighted by atomic mass is 16.5. The molecule has 1 amide bonds. The first kappa shape index (κ1) is 17.6. The smallest absolute Gasteiger partial charge is 0.227 e. The highest BCUT2D eigenvalue weighted by molar-refractivity contribution is 5.76. The van der Waals surface area contributed by atoms with Gasteiger partial charge in [0.05, 0.1) is 6.10 Å². The number of hydrogen-bond acceptors (Lipinski definition) is 5. The highest BCUT2D eigenvalue weighted by Gasteiger charge is 2.30. The number of carbonyl (C=O) groups is 1. The van der Waals surface area contributed by atoms with E-state index in [2.05, 4.69) is 41.3 Å². The van der Waals surface area contributed by atoms with Crippen molar-refractivity contribution in [1.29, 1.82) is 0 Å². The maximum atomic E-state index is 12.5. The summed E-state index contributed by atoms with van der Waals surface area (Å²) in [6.07, 6.45) is 1.87. The largest absolute Gasteiger partial charge is 0.393 e. The van der Waals surface area contributed by atoms with Crippen LogP contribution in [-0.2, 0) is 17.6 Å². The van der Waals surface area contributed by atoms with Gasteiger partial charge < -0.3 is 14.5 Å². The number of aryl methyl sites for hydroxylation is 3. The van der Waals surface area contributed by atoms with Crippen molar-refractivity contribution in [3.63, 3.8) is 0 Å². The fraction of sp³-hybridized carbons (Fsp3) is 0.526. The molecule has 1 aliphatic heterocycles. The standard InChI is InChI=1S/C19H25N3O3/c1-13-3-5-15(6-4-13)11-16-12-22(10-9-17(16)23)19(24)8-7-18-20-14(2)21-25-18/h3-6,16-17,23H,7-12H2,1-2H3/t16-,17+/m1/s1. The third kappa shape index (κ3) is 4.66. The number of nitrogens with zero attached hydrogens (tertiary/aromatic N) is 3. The highest BCUT2D eigenvalue weighted by Crippen LogP contribution is 2.22. The van der Waals surface area contributed by atoms with E-state index >= 15 is 0 Å². The van der Waals surface area contributed by atoms with Gasteiger partial charge in [0.1, 0.15) is 0 Å². The molecule has 1 aromatic heterocycles. The number of aliphatic hydroxyl groups is 1. The molecule has 1 N–H and O–H groups in total. The molecule has 0 radical (unpaired) electrons. The van der Waals surface area contributed by atoms with Gasteiger partial charge in [0.15, 0.2) is 5.82 Å². The molecule has 6 nitrogen and oxygen atoms in total. The molecule has 0 unspecified atom stereocenters. The molecular formula is C19H25N3O3. The van der Waals surface area contributed by atoms with Crippen molar-refractivity contribution < 1.29 is 14.4 Å². The first-order valence-corrected chi connectivity index (χ1v) is 8.82. The molecule has 0 bridgehead atoms. The average Bonchev–Trinajstić information content (AvgIpc) is 3.02. The molecule has 0 aliphatic carbocycles. The van der Waals surface area contributed by atoms with Gasteiger partial charge in [-0.15, -0.1) is 0 Å². The third-order valence-corrected chi connectivity index (χ3v) is 4.79. The van der Waals surface area contributed by atoms with Crippen LogP contribution in [0.3, 0.4) is 0 Å². The van der Waals surface area contributed by atoms with Crippen molar-refractivity contribution in [3.8, 4) is 0 Å². The Labute approximate surface area is 147 Å². The topological polar surface area (TPSA) is 79.5 Å². The molecule has 1 aliphatic rings. The summed E-state index contributed by atoms with van der Waals surface area (Å²) in [7, 11) is 0. The summed E-state index contributed by atoms with van der Waals surface area (Å²) in [6, 6.07) is 8.36. The zero-order valence-electron chi connectivity index (χ0n) is 14.8. The van der Waals surface area contributed by atoms with Crippen LogP contribution in [-0.4, -0.2) is 45.2 Å². The normalized spacial score (nSPS) is 20.7. The van der Waals surface area contributed by atoms with Gasteiger partial charge in [0, 0.05) is 31.8 Å². The van der Waals surface area contributed by atoms with E-state index < -0.39 is 0 Å². The second-order valence-corrected chi connectivity index (χ2v) is 6.88. The number of carbonyl (C=O) groups excluding carboxylic acids is 1. The van der Waals surface area contributed by atoms with Crippen molar-refractivity contribution in [2.24, 2.45) is 5.92 Å². The van der Waals surface area contributed by atoms with Crippen molar-refractivity contribution in [1.82, 2.24) is 15.0 Å². The van der Waals surface area contributed by atoms with Crippen LogP contribution < -0.4 is 0 Å². The second kappa shape index (κ2) is 7.78. The summed E-state index contributed by atoms with van der Waals surface area (Å²) in [5.41, 5.74) is 2.42.